The number of aliphatic imine (C=N–C) groups is 1. The van der Waals surface area contributed by atoms with E-state index < -0.39 is 0 Å². The highest BCUT2D eigenvalue weighted by atomic mass is 16.5. The Kier molecular flexibility index (Phi) is 8.12. The molecule has 3 rings (SSSR count). The zero-order valence-electron chi connectivity index (χ0n) is 17.3. The summed E-state index contributed by atoms with van der Waals surface area (Å²) in [6.45, 7) is 7.95. The maximum atomic E-state index is 5.16. The highest BCUT2D eigenvalue weighted by molar-refractivity contribution is 5.86. The van der Waals surface area contributed by atoms with Gasteiger partial charge in [-0.2, -0.15) is 0 Å². The van der Waals surface area contributed by atoms with Crippen LogP contribution in [0.1, 0.15) is 31.7 Å². The molecule has 1 heterocycles. The van der Waals surface area contributed by atoms with Crippen LogP contribution in [0.4, 0.5) is 0 Å². The first-order chi connectivity index (χ1) is 13.8. The minimum absolute atomic E-state index is 0.490. The van der Waals surface area contributed by atoms with Gasteiger partial charge in [0.1, 0.15) is 0 Å². The largest absolute Gasteiger partial charge is 0.385 e. The molecule has 2 aromatic rings. The molecule has 1 aliphatic rings. The molecule has 0 radical (unpaired) electrons. The Hall–Kier alpha value is -2.11. The fourth-order valence-corrected chi connectivity index (χ4v) is 3.84. The van der Waals surface area contributed by atoms with Crippen molar-refractivity contribution >= 4 is 16.7 Å². The van der Waals surface area contributed by atoms with Crippen molar-refractivity contribution < 1.29 is 4.74 Å². The third-order valence-corrected chi connectivity index (χ3v) is 5.38. The van der Waals surface area contributed by atoms with Gasteiger partial charge in [-0.15, -0.1) is 0 Å². The second-order valence-electron chi connectivity index (χ2n) is 7.44. The van der Waals surface area contributed by atoms with E-state index in [0.29, 0.717) is 12.6 Å². The van der Waals surface area contributed by atoms with Gasteiger partial charge in [-0.25, -0.2) is 4.99 Å². The third kappa shape index (κ3) is 5.94. The van der Waals surface area contributed by atoms with Gasteiger partial charge in [-0.05, 0) is 42.5 Å². The van der Waals surface area contributed by atoms with Crippen LogP contribution in [0, 0.1) is 0 Å². The highest BCUT2D eigenvalue weighted by Crippen LogP contribution is 2.19. The number of ether oxygens (including phenoxy) is 1. The molecule has 5 heteroatoms. The Balaban J connectivity index is 1.56. The summed E-state index contributed by atoms with van der Waals surface area (Å²) >= 11 is 0. The summed E-state index contributed by atoms with van der Waals surface area (Å²) in [5, 5.41) is 9.62. The molecule has 1 saturated heterocycles. The summed E-state index contributed by atoms with van der Waals surface area (Å²) in [5.74, 6) is 0.924. The van der Waals surface area contributed by atoms with E-state index in [1.807, 2.05) is 0 Å². The van der Waals surface area contributed by atoms with Crippen molar-refractivity contribution in [2.75, 3.05) is 39.9 Å². The van der Waals surface area contributed by atoms with Gasteiger partial charge in [0, 0.05) is 45.9 Å². The van der Waals surface area contributed by atoms with Crippen molar-refractivity contribution in [2.45, 2.75) is 38.8 Å². The zero-order valence-corrected chi connectivity index (χ0v) is 17.3. The quantitative estimate of drug-likeness (QED) is 0.417. The van der Waals surface area contributed by atoms with Gasteiger partial charge < -0.3 is 20.3 Å². The van der Waals surface area contributed by atoms with Gasteiger partial charge in [0.2, 0.25) is 0 Å². The number of likely N-dealkylation sites (tertiary alicyclic amines) is 1. The lowest BCUT2D eigenvalue weighted by molar-refractivity contribution is 0.155. The van der Waals surface area contributed by atoms with Crippen LogP contribution < -0.4 is 10.6 Å². The summed E-state index contributed by atoms with van der Waals surface area (Å²) in [6, 6.07) is 15.5. The van der Waals surface area contributed by atoms with Crippen LogP contribution in [0.2, 0.25) is 0 Å². The Labute approximate surface area is 169 Å². The molecule has 0 aromatic heterocycles. The van der Waals surface area contributed by atoms with E-state index in [4.69, 9.17) is 9.73 Å². The van der Waals surface area contributed by atoms with Crippen LogP contribution in [0.5, 0.6) is 0 Å². The van der Waals surface area contributed by atoms with Gasteiger partial charge in [-0.3, -0.25) is 0 Å². The first-order valence-electron chi connectivity index (χ1n) is 10.5. The molecule has 1 aliphatic heterocycles. The van der Waals surface area contributed by atoms with Crippen molar-refractivity contribution in [3.05, 3.63) is 48.0 Å². The van der Waals surface area contributed by atoms with E-state index in [1.54, 1.807) is 7.11 Å². The first-order valence-corrected chi connectivity index (χ1v) is 10.5. The Bertz CT molecular complexity index is 748. The molecule has 0 unspecified atom stereocenters. The Morgan fingerprint density at radius 3 is 2.71 bits per heavy atom. The molecular weight excluding hydrogens is 348 g/mol. The van der Waals surface area contributed by atoms with Gasteiger partial charge in [0.05, 0.1) is 6.54 Å². The van der Waals surface area contributed by atoms with Gasteiger partial charge in [0.25, 0.3) is 0 Å². The first kappa shape index (κ1) is 20.6. The number of nitrogens with one attached hydrogen (secondary N) is 2. The van der Waals surface area contributed by atoms with Crippen molar-refractivity contribution in [2.24, 2.45) is 4.99 Å². The maximum Gasteiger partial charge on any atom is 0.191 e. The van der Waals surface area contributed by atoms with Crippen molar-refractivity contribution in [3.8, 4) is 0 Å². The second-order valence-corrected chi connectivity index (χ2v) is 7.44. The fraction of sp³-hybridized carbons (Fsp3) is 0.522. The van der Waals surface area contributed by atoms with Crippen LogP contribution in [-0.4, -0.2) is 56.8 Å². The SMILES string of the molecule is CCNC(=NCc1cccc2ccccc12)NC1CCN(CCCOC)CC1. The number of nitrogens with zero attached hydrogens (tertiary/aromatic N) is 2. The summed E-state index contributed by atoms with van der Waals surface area (Å²) < 4.78 is 5.16. The normalized spacial score (nSPS) is 16.4. The lowest BCUT2D eigenvalue weighted by atomic mass is 10.0. The number of benzene rings is 2. The molecular formula is C23H34N4O. The predicted octanol–water partition coefficient (Wildman–Crippen LogP) is 3.40. The summed E-state index contributed by atoms with van der Waals surface area (Å²) in [4.78, 5) is 7.41. The molecule has 0 atom stereocenters. The molecule has 5 nitrogen and oxygen atoms in total. The molecule has 0 spiro atoms. The van der Waals surface area contributed by atoms with Gasteiger partial charge >= 0.3 is 0 Å². The average molecular weight is 383 g/mol. The number of piperidine rings is 1. The van der Waals surface area contributed by atoms with E-state index >= 15 is 0 Å². The molecule has 2 N–H and O–H groups in total. The van der Waals surface area contributed by atoms with E-state index in [2.05, 4.69) is 64.9 Å². The van der Waals surface area contributed by atoms with Crippen LogP contribution in [0.25, 0.3) is 10.8 Å². The van der Waals surface area contributed by atoms with Gasteiger partial charge in [0.15, 0.2) is 5.96 Å². The van der Waals surface area contributed by atoms with Crippen LogP contribution in [-0.2, 0) is 11.3 Å². The van der Waals surface area contributed by atoms with Crippen molar-refractivity contribution in [1.82, 2.24) is 15.5 Å². The van der Waals surface area contributed by atoms with Gasteiger partial charge in [-0.1, -0.05) is 42.5 Å². The highest BCUT2D eigenvalue weighted by Gasteiger charge is 2.19. The molecule has 0 aliphatic carbocycles. The number of hydrogen-bond acceptors (Lipinski definition) is 3. The van der Waals surface area contributed by atoms with Crippen LogP contribution >= 0.6 is 0 Å². The van der Waals surface area contributed by atoms with Crippen LogP contribution in [0.3, 0.4) is 0 Å². The number of methoxy groups -OCH3 is 1. The molecule has 1 fully saturated rings. The second kappa shape index (κ2) is 11.0. The monoisotopic (exact) mass is 382 g/mol. The Morgan fingerprint density at radius 1 is 1.14 bits per heavy atom. The number of hydrogen-bond donors (Lipinski definition) is 2. The summed E-state index contributed by atoms with van der Waals surface area (Å²) in [7, 11) is 1.77. The lowest BCUT2D eigenvalue weighted by Gasteiger charge is -2.33. The lowest BCUT2D eigenvalue weighted by Crippen LogP contribution is -2.48. The topological polar surface area (TPSA) is 48.9 Å². The molecule has 0 bridgehead atoms. The van der Waals surface area contributed by atoms with E-state index in [0.717, 1.165) is 58.0 Å². The molecule has 0 saturated carbocycles. The minimum atomic E-state index is 0.490. The molecule has 152 valence electrons. The molecule has 28 heavy (non-hydrogen) atoms. The summed E-state index contributed by atoms with van der Waals surface area (Å²) in [6.07, 6.45) is 3.43. The number of rotatable bonds is 8. The third-order valence-electron chi connectivity index (χ3n) is 5.38. The van der Waals surface area contributed by atoms with E-state index in [-0.39, 0.29) is 0 Å². The maximum absolute atomic E-state index is 5.16. The van der Waals surface area contributed by atoms with E-state index in [9.17, 15) is 0 Å². The summed E-state index contributed by atoms with van der Waals surface area (Å²) in [5.41, 5.74) is 1.27. The predicted molar refractivity (Wildman–Crippen MR) is 118 cm³/mol. The smallest absolute Gasteiger partial charge is 0.191 e. The van der Waals surface area contributed by atoms with Crippen LogP contribution in [0.15, 0.2) is 47.5 Å². The molecule has 0 amide bonds. The number of fused-ring (bicyclic) bond motifs is 1. The standard InChI is InChI=1S/C23H34N4O/c1-3-24-23(26-21-12-15-27(16-13-21)14-7-17-28-2)25-18-20-10-6-9-19-8-4-5-11-22(19)20/h4-6,8-11,21H,3,7,12-18H2,1-2H3,(H2,24,25,26). The average Bonchev–Trinajstić information content (AvgIpc) is 2.73. The zero-order chi connectivity index (χ0) is 19.6. The van der Waals surface area contributed by atoms with E-state index in [1.165, 1.54) is 16.3 Å². The Morgan fingerprint density at radius 2 is 1.93 bits per heavy atom. The van der Waals surface area contributed by atoms with Crippen molar-refractivity contribution in [3.63, 3.8) is 0 Å². The fourth-order valence-electron chi connectivity index (χ4n) is 3.84. The van der Waals surface area contributed by atoms with Crippen molar-refractivity contribution in [1.29, 1.82) is 0 Å². The molecule has 2 aromatic carbocycles. The number of guanidine groups is 1. The minimum Gasteiger partial charge on any atom is -0.385 e.